The van der Waals surface area contributed by atoms with E-state index in [0.29, 0.717) is 22.0 Å². The Morgan fingerprint density at radius 2 is 2.00 bits per heavy atom. The number of aromatic amines is 2. The van der Waals surface area contributed by atoms with Crippen molar-refractivity contribution in [3.05, 3.63) is 59.3 Å². The van der Waals surface area contributed by atoms with Crippen LogP contribution in [-0.2, 0) is 11.2 Å². The van der Waals surface area contributed by atoms with Crippen molar-refractivity contribution in [1.82, 2.24) is 15.3 Å². The van der Waals surface area contributed by atoms with E-state index in [9.17, 15) is 23.9 Å². The van der Waals surface area contributed by atoms with Crippen molar-refractivity contribution in [2.75, 3.05) is 0 Å². The molecule has 0 aliphatic heterocycles. The van der Waals surface area contributed by atoms with Gasteiger partial charge in [-0.2, -0.15) is 0 Å². The van der Waals surface area contributed by atoms with Gasteiger partial charge in [-0.1, -0.05) is 6.07 Å². The number of amides is 1. The van der Waals surface area contributed by atoms with Crippen LogP contribution in [0.5, 0.6) is 0 Å². The third kappa shape index (κ3) is 3.34. The molecule has 0 saturated heterocycles. The summed E-state index contributed by atoms with van der Waals surface area (Å²) in [7, 11) is 0. The minimum Gasteiger partial charge on any atom is -0.480 e. The summed E-state index contributed by atoms with van der Waals surface area (Å²) in [5.74, 6) is -2.60. The highest BCUT2D eigenvalue weighted by molar-refractivity contribution is 6.00. The Morgan fingerprint density at radius 1 is 1.23 bits per heavy atom. The van der Waals surface area contributed by atoms with Gasteiger partial charge in [0.15, 0.2) is 5.78 Å². The van der Waals surface area contributed by atoms with Crippen molar-refractivity contribution in [1.29, 1.82) is 0 Å². The number of nitrogens with one attached hydrogen (secondary N) is 3. The lowest BCUT2D eigenvalue weighted by Crippen LogP contribution is -2.42. The molecule has 3 rings (SSSR count). The van der Waals surface area contributed by atoms with Gasteiger partial charge in [-0.05, 0) is 30.7 Å². The van der Waals surface area contributed by atoms with Crippen molar-refractivity contribution < 1.29 is 23.9 Å². The number of hydrogen-bond acceptors (Lipinski definition) is 3. The van der Waals surface area contributed by atoms with E-state index in [-0.39, 0.29) is 17.9 Å². The lowest BCUT2D eigenvalue weighted by molar-refractivity contribution is -0.139. The molecule has 0 aliphatic carbocycles. The van der Waals surface area contributed by atoms with Crippen molar-refractivity contribution in [2.24, 2.45) is 0 Å². The van der Waals surface area contributed by atoms with Crippen LogP contribution in [0.1, 0.15) is 33.3 Å². The van der Waals surface area contributed by atoms with E-state index >= 15 is 0 Å². The Balaban J connectivity index is 1.81. The zero-order valence-electron chi connectivity index (χ0n) is 13.8. The van der Waals surface area contributed by atoms with Gasteiger partial charge in [0.1, 0.15) is 17.6 Å². The fourth-order valence-corrected chi connectivity index (χ4v) is 2.75. The molecule has 0 spiro atoms. The van der Waals surface area contributed by atoms with Crippen LogP contribution < -0.4 is 5.32 Å². The smallest absolute Gasteiger partial charge is 0.326 e. The van der Waals surface area contributed by atoms with Crippen LogP contribution in [0.25, 0.3) is 10.9 Å². The van der Waals surface area contributed by atoms with E-state index in [1.165, 1.54) is 31.5 Å². The lowest BCUT2D eigenvalue weighted by Gasteiger charge is -2.13. The number of benzene rings is 1. The molecule has 134 valence electrons. The largest absolute Gasteiger partial charge is 0.480 e. The van der Waals surface area contributed by atoms with Crippen LogP contribution in [-0.4, -0.2) is 38.8 Å². The first-order valence-electron chi connectivity index (χ1n) is 7.84. The Labute approximate surface area is 147 Å². The molecule has 0 fully saturated rings. The highest BCUT2D eigenvalue weighted by atomic mass is 19.1. The van der Waals surface area contributed by atoms with Gasteiger partial charge in [-0.3, -0.25) is 9.59 Å². The molecule has 8 heteroatoms. The highest BCUT2D eigenvalue weighted by Gasteiger charge is 2.24. The summed E-state index contributed by atoms with van der Waals surface area (Å²) in [6, 6.07) is 4.60. The summed E-state index contributed by atoms with van der Waals surface area (Å²) in [6.07, 6.45) is 2.81. The first-order valence-corrected chi connectivity index (χ1v) is 7.84. The van der Waals surface area contributed by atoms with Gasteiger partial charge < -0.3 is 20.4 Å². The first kappa shape index (κ1) is 17.4. The van der Waals surface area contributed by atoms with Crippen LogP contribution in [0.3, 0.4) is 0 Å². The SMILES string of the molecule is CC(=O)c1c[nH]c(C(=O)NC(Cc2c[nH]c3cccc(F)c23)C(=O)O)c1. The molecule has 2 heterocycles. The van der Waals surface area contributed by atoms with Gasteiger partial charge >= 0.3 is 5.97 Å². The monoisotopic (exact) mass is 357 g/mol. The molecule has 1 unspecified atom stereocenters. The Kier molecular flexibility index (Phi) is 4.57. The maximum Gasteiger partial charge on any atom is 0.326 e. The Bertz CT molecular complexity index is 1000. The van der Waals surface area contributed by atoms with Crippen LogP contribution >= 0.6 is 0 Å². The molecule has 1 aromatic carbocycles. The lowest BCUT2D eigenvalue weighted by atomic mass is 10.0. The van der Waals surface area contributed by atoms with Crippen molar-refractivity contribution in [2.45, 2.75) is 19.4 Å². The molecular weight excluding hydrogens is 341 g/mol. The molecule has 3 aromatic rings. The number of aliphatic carboxylic acids is 1. The van der Waals surface area contributed by atoms with Crippen LogP contribution in [0, 0.1) is 5.82 Å². The predicted molar refractivity (Wildman–Crippen MR) is 91.6 cm³/mol. The molecule has 2 aromatic heterocycles. The summed E-state index contributed by atoms with van der Waals surface area (Å²) < 4.78 is 14.0. The van der Waals surface area contributed by atoms with E-state index in [1.54, 1.807) is 12.1 Å². The van der Waals surface area contributed by atoms with E-state index < -0.39 is 23.7 Å². The number of carbonyl (C=O) groups is 3. The fraction of sp³-hybridized carbons (Fsp3) is 0.167. The average molecular weight is 357 g/mol. The van der Waals surface area contributed by atoms with E-state index in [0.717, 1.165) is 0 Å². The topological polar surface area (TPSA) is 115 Å². The van der Waals surface area contributed by atoms with Gasteiger partial charge in [0.25, 0.3) is 5.91 Å². The molecular formula is C18H16FN3O4. The quantitative estimate of drug-likeness (QED) is 0.507. The number of ketones is 1. The normalized spacial score (nSPS) is 12.1. The minimum atomic E-state index is -1.26. The number of carboxylic acids is 1. The predicted octanol–water partition coefficient (Wildman–Crippen LogP) is 2.26. The second-order valence-corrected chi connectivity index (χ2v) is 5.90. The van der Waals surface area contributed by atoms with E-state index in [4.69, 9.17) is 0 Å². The molecule has 7 nitrogen and oxygen atoms in total. The van der Waals surface area contributed by atoms with Gasteiger partial charge in [0, 0.05) is 35.3 Å². The highest BCUT2D eigenvalue weighted by Crippen LogP contribution is 2.22. The second-order valence-electron chi connectivity index (χ2n) is 5.90. The standard InChI is InChI=1S/C18H16FN3O4/c1-9(23)10-5-14(21-7-10)17(24)22-15(18(25)26)6-11-8-20-13-4-2-3-12(19)16(11)13/h2-5,7-8,15,20-21H,6H2,1H3,(H,22,24)(H,25,26). The summed E-state index contributed by atoms with van der Waals surface area (Å²) >= 11 is 0. The van der Waals surface area contributed by atoms with Gasteiger partial charge in [0.05, 0.1) is 0 Å². The fourth-order valence-electron chi connectivity index (χ4n) is 2.75. The summed E-state index contributed by atoms with van der Waals surface area (Å²) in [5.41, 5.74) is 1.39. The number of halogens is 1. The van der Waals surface area contributed by atoms with Crippen molar-refractivity contribution in [3.63, 3.8) is 0 Å². The third-order valence-electron chi connectivity index (χ3n) is 4.10. The van der Waals surface area contributed by atoms with Crippen LogP contribution in [0.4, 0.5) is 4.39 Å². The van der Waals surface area contributed by atoms with E-state index in [1.807, 2.05) is 0 Å². The van der Waals surface area contributed by atoms with Crippen molar-refractivity contribution in [3.8, 4) is 0 Å². The van der Waals surface area contributed by atoms with Crippen LogP contribution in [0.15, 0.2) is 36.7 Å². The van der Waals surface area contributed by atoms with Gasteiger partial charge in [-0.25, -0.2) is 9.18 Å². The number of H-pyrrole nitrogens is 2. The molecule has 0 bridgehead atoms. The number of fused-ring (bicyclic) bond motifs is 1. The number of carbonyl (C=O) groups excluding carboxylic acids is 2. The second kappa shape index (κ2) is 6.83. The molecule has 0 saturated carbocycles. The van der Waals surface area contributed by atoms with Gasteiger partial charge in [0.2, 0.25) is 0 Å². The molecule has 4 N–H and O–H groups in total. The van der Waals surface area contributed by atoms with Gasteiger partial charge in [-0.15, -0.1) is 0 Å². The number of rotatable bonds is 6. The number of carboxylic acid groups (broad SMARTS) is 1. The zero-order valence-corrected chi connectivity index (χ0v) is 13.8. The number of hydrogen-bond donors (Lipinski definition) is 4. The zero-order chi connectivity index (χ0) is 18.8. The molecule has 26 heavy (non-hydrogen) atoms. The average Bonchev–Trinajstić information content (AvgIpc) is 3.22. The molecule has 1 atom stereocenters. The molecule has 0 aliphatic rings. The summed E-state index contributed by atoms with van der Waals surface area (Å²) in [5, 5.41) is 12.1. The first-order chi connectivity index (χ1) is 12.4. The number of Topliss-reactive ketones (excluding diaryl/α,β-unsaturated/α-hetero) is 1. The third-order valence-corrected chi connectivity index (χ3v) is 4.10. The minimum absolute atomic E-state index is 0.0755. The van der Waals surface area contributed by atoms with E-state index in [2.05, 4.69) is 15.3 Å². The molecule has 1 amide bonds. The maximum absolute atomic E-state index is 14.0. The maximum atomic E-state index is 14.0. The van der Waals surface area contributed by atoms with Crippen LogP contribution in [0.2, 0.25) is 0 Å². The summed E-state index contributed by atoms with van der Waals surface area (Å²) in [4.78, 5) is 40.6. The summed E-state index contributed by atoms with van der Waals surface area (Å²) in [6.45, 7) is 1.36. The Morgan fingerprint density at radius 3 is 2.65 bits per heavy atom. The van der Waals surface area contributed by atoms with Crippen molar-refractivity contribution >= 4 is 28.6 Å². The molecule has 0 radical (unpaired) electrons. The Hall–Kier alpha value is -3.42. The number of aromatic nitrogens is 2.